The first kappa shape index (κ1) is 27.6. The third-order valence-corrected chi connectivity index (χ3v) is 6.63. The van der Waals surface area contributed by atoms with Crippen LogP contribution >= 0.6 is 23.4 Å². The summed E-state index contributed by atoms with van der Waals surface area (Å²) < 4.78 is 0.712. The van der Waals surface area contributed by atoms with Gasteiger partial charge in [0.2, 0.25) is 5.88 Å². The number of halogens is 1. The van der Waals surface area contributed by atoms with Crippen LogP contribution in [-0.4, -0.2) is 50.5 Å². The fourth-order valence-corrected chi connectivity index (χ4v) is 4.15. The summed E-state index contributed by atoms with van der Waals surface area (Å²) >= 11 is 7.73. The molecule has 0 spiro atoms. The number of carboxylic acids is 1. The van der Waals surface area contributed by atoms with E-state index < -0.39 is 58.7 Å². The minimum atomic E-state index is -1.39. The molecule has 3 aromatic rings. The van der Waals surface area contributed by atoms with Crippen molar-refractivity contribution in [3.05, 3.63) is 86.2 Å². The molecular weight excluding hydrogens is 522 g/mol. The molecule has 2 aromatic carbocycles. The van der Waals surface area contributed by atoms with Crippen molar-refractivity contribution < 1.29 is 29.7 Å². The van der Waals surface area contributed by atoms with Crippen LogP contribution in [0.15, 0.2) is 58.2 Å². The number of aliphatic carboxylic acids is 1. The number of nitrogens with one attached hydrogen (secondary N) is 2. The van der Waals surface area contributed by atoms with Crippen molar-refractivity contribution in [2.45, 2.75) is 24.4 Å². The summed E-state index contributed by atoms with van der Waals surface area (Å²) in [5.41, 5.74) is -1.64. The monoisotopic (exact) mass is 545 g/mol. The summed E-state index contributed by atoms with van der Waals surface area (Å²) in [6, 6.07) is 13.2. The summed E-state index contributed by atoms with van der Waals surface area (Å²) in [5.74, 6) is -5.55. The first-order chi connectivity index (χ1) is 17.5. The molecule has 12 heteroatoms. The molecule has 1 atom stereocenters. The summed E-state index contributed by atoms with van der Waals surface area (Å²) in [4.78, 5) is 50.9. The maximum Gasteiger partial charge on any atom is 0.322 e. The Bertz CT molecular complexity index is 1410. The average molecular weight is 546 g/mol. The number of aromatic hydroxyl groups is 2. The molecule has 3 rings (SSSR count). The van der Waals surface area contributed by atoms with E-state index >= 15 is 0 Å². The van der Waals surface area contributed by atoms with Crippen molar-refractivity contribution in [3.63, 3.8) is 0 Å². The van der Waals surface area contributed by atoms with Crippen molar-refractivity contribution in [2.24, 2.45) is 0 Å². The molecular formula is C25H24ClN3O7S. The molecule has 0 bridgehead atoms. The standard InChI is InChI=1S/C25H24ClN3O7S/c1-13(14-7-9-16(37-2)10-8-14)28-23(34)20-21(32)19(22(33)27-11-18(30)31)24(35)29(25(20)36)12-15-5-3-4-6-17(15)26/h3-10,13,32,36H,11-12H2,1-2H3,(H,27,33)(H,28,34)(H,30,31). The number of aromatic nitrogens is 1. The molecule has 194 valence electrons. The molecule has 5 N–H and O–H groups in total. The van der Waals surface area contributed by atoms with Gasteiger partial charge in [0, 0.05) is 9.92 Å². The van der Waals surface area contributed by atoms with Gasteiger partial charge < -0.3 is 26.0 Å². The second-order valence-corrected chi connectivity index (χ2v) is 9.24. The number of pyridine rings is 1. The number of benzene rings is 2. The van der Waals surface area contributed by atoms with E-state index in [0.717, 1.165) is 10.5 Å². The fraction of sp³-hybridized carbons (Fsp3) is 0.200. The van der Waals surface area contributed by atoms with E-state index in [-0.39, 0.29) is 11.6 Å². The largest absolute Gasteiger partial charge is 0.506 e. The van der Waals surface area contributed by atoms with Gasteiger partial charge in [-0.3, -0.25) is 23.7 Å². The van der Waals surface area contributed by atoms with E-state index in [1.807, 2.05) is 23.7 Å². The molecule has 0 fully saturated rings. The molecule has 37 heavy (non-hydrogen) atoms. The number of nitrogens with zero attached hydrogens (tertiary/aromatic N) is 1. The molecule has 0 aliphatic heterocycles. The van der Waals surface area contributed by atoms with Crippen molar-refractivity contribution in [3.8, 4) is 11.6 Å². The average Bonchev–Trinajstić information content (AvgIpc) is 2.86. The van der Waals surface area contributed by atoms with Gasteiger partial charge in [-0.05, 0) is 42.5 Å². The van der Waals surface area contributed by atoms with Crippen molar-refractivity contribution in [1.29, 1.82) is 0 Å². The Kier molecular flexibility index (Phi) is 8.85. The van der Waals surface area contributed by atoms with Gasteiger partial charge in [0.05, 0.1) is 12.6 Å². The zero-order valence-corrected chi connectivity index (χ0v) is 21.4. The van der Waals surface area contributed by atoms with Gasteiger partial charge in [0.25, 0.3) is 17.4 Å². The highest BCUT2D eigenvalue weighted by molar-refractivity contribution is 7.98. The highest BCUT2D eigenvalue weighted by atomic mass is 35.5. The normalized spacial score (nSPS) is 11.5. The van der Waals surface area contributed by atoms with Gasteiger partial charge in [-0.15, -0.1) is 11.8 Å². The van der Waals surface area contributed by atoms with Crippen LogP contribution < -0.4 is 16.2 Å². The van der Waals surface area contributed by atoms with Crippen molar-refractivity contribution in [1.82, 2.24) is 15.2 Å². The number of hydrogen-bond acceptors (Lipinski definition) is 7. The quantitative estimate of drug-likeness (QED) is 0.257. The molecule has 10 nitrogen and oxygen atoms in total. The number of amides is 2. The number of carbonyl (C=O) groups excluding carboxylic acids is 2. The summed E-state index contributed by atoms with van der Waals surface area (Å²) in [6.45, 7) is 0.504. The van der Waals surface area contributed by atoms with E-state index in [2.05, 4.69) is 5.32 Å². The van der Waals surface area contributed by atoms with Crippen molar-refractivity contribution in [2.75, 3.05) is 12.8 Å². The van der Waals surface area contributed by atoms with Gasteiger partial charge in [0.1, 0.15) is 17.7 Å². The van der Waals surface area contributed by atoms with Crippen LogP contribution in [0.1, 0.15) is 44.8 Å². The molecule has 2 amide bonds. The minimum Gasteiger partial charge on any atom is -0.506 e. The maximum atomic E-state index is 13.2. The van der Waals surface area contributed by atoms with Gasteiger partial charge in [0.15, 0.2) is 5.75 Å². The van der Waals surface area contributed by atoms with Crippen LogP contribution in [-0.2, 0) is 11.3 Å². The van der Waals surface area contributed by atoms with E-state index in [9.17, 15) is 29.4 Å². The van der Waals surface area contributed by atoms with Crippen LogP contribution in [0.3, 0.4) is 0 Å². The smallest absolute Gasteiger partial charge is 0.322 e. The van der Waals surface area contributed by atoms with Crippen LogP contribution in [0.4, 0.5) is 0 Å². The first-order valence-corrected chi connectivity index (χ1v) is 12.5. The van der Waals surface area contributed by atoms with Crippen LogP contribution in [0.25, 0.3) is 0 Å². The maximum absolute atomic E-state index is 13.2. The Hall–Kier alpha value is -3.96. The second-order valence-electron chi connectivity index (χ2n) is 7.95. The predicted molar refractivity (Wildman–Crippen MR) is 139 cm³/mol. The highest BCUT2D eigenvalue weighted by Gasteiger charge is 2.30. The SMILES string of the molecule is CSc1ccc(C(C)NC(=O)c2c(O)c(C(=O)NCC(=O)O)c(=O)n(Cc3ccccc3Cl)c2O)cc1. The van der Waals surface area contributed by atoms with E-state index in [4.69, 9.17) is 16.7 Å². The number of hydrogen-bond donors (Lipinski definition) is 5. The molecule has 0 radical (unpaired) electrons. The van der Waals surface area contributed by atoms with Crippen LogP contribution in [0.2, 0.25) is 5.02 Å². The highest BCUT2D eigenvalue weighted by Crippen LogP contribution is 2.30. The molecule has 0 aliphatic carbocycles. The lowest BCUT2D eigenvalue weighted by molar-refractivity contribution is -0.135. The predicted octanol–water partition coefficient (Wildman–Crippen LogP) is 2.99. The molecule has 1 unspecified atom stereocenters. The first-order valence-electron chi connectivity index (χ1n) is 10.9. The second kappa shape index (κ2) is 11.8. The van der Waals surface area contributed by atoms with Gasteiger partial charge >= 0.3 is 5.97 Å². The Morgan fingerprint density at radius 2 is 1.68 bits per heavy atom. The number of carboxylic acid groups (broad SMARTS) is 1. The lowest BCUT2D eigenvalue weighted by Crippen LogP contribution is -2.37. The van der Waals surface area contributed by atoms with Crippen molar-refractivity contribution >= 4 is 41.1 Å². The molecule has 1 aromatic heterocycles. The zero-order chi connectivity index (χ0) is 27.3. The Morgan fingerprint density at radius 1 is 1.03 bits per heavy atom. The van der Waals surface area contributed by atoms with E-state index in [0.29, 0.717) is 10.1 Å². The summed E-state index contributed by atoms with van der Waals surface area (Å²) in [6.07, 6.45) is 1.92. The van der Waals surface area contributed by atoms with Gasteiger partial charge in [-0.25, -0.2) is 0 Å². The van der Waals surface area contributed by atoms with E-state index in [1.165, 1.54) is 0 Å². The molecule has 1 heterocycles. The Balaban J connectivity index is 2.09. The topological polar surface area (TPSA) is 158 Å². The molecule has 0 saturated carbocycles. The van der Waals surface area contributed by atoms with Gasteiger partial charge in [-0.2, -0.15) is 0 Å². The van der Waals surface area contributed by atoms with Crippen LogP contribution in [0, 0.1) is 0 Å². The lowest BCUT2D eigenvalue weighted by atomic mass is 10.1. The summed E-state index contributed by atoms with van der Waals surface area (Å²) in [7, 11) is 0. The Labute approximate surface area is 220 Å². The van der Waals surface area contributed by atoms with Crippen LogP contribution in [0.5, 0.6) is 11.6 Å². The number of thioether (sulfide) groups is 1. The Morgan fingerprint density at radius 3 is 2.27 bits per heavy atom. The number of carbonyl (C=O) groups is 3. The van der Waals surface area contributed by atoms with Gasteiger partial charge in [-0.1, -0.05) is 41.9 Å². The molecule has 0 aliphatic rings. The number of rotatable bonds is 9. The molecule has 0 saturated heterocycles. The van der Waals surface area contributed by atoms with E-state index in [1.54, 1.807) is 55.1 Å². The lowest BCUT2D eigenvalue weighted by Gasteiger charge is -2.19. The zero-order valence-electron chi connectivity index (χ0n) is 19.8. The minimum absolute atomic E-state index is 0.257. The summed E-state index contributed by atoms with van der Waals surface area (Å²) in [5, 5.41) is 35.5. The fourth-order valence-electron chi connectivity index (χ4n) is 3.54. The third kappa shape index (κ3) is 6.25. The third-order valence-electron chi connectivity index (χ3n) is 5.52.